The van der Waals surface area contributed by atoms with Gasteiger partial charge in [-0.3, -0.25) is 44.7 Å². The lowest BCUT2D eigenvalue weighted by molar-refractivity contribution is -0.385. The van der Waals surface area contributed by atoms with E-state index in [-0.39, 0.29) is 68.1 Å². The van der Waals surface area contributed by atoms with Gasteiger partial charge in [0, 0.05) is 81.8 Å². The third-order valence-electron chi connectivity index (χ3n) is 6.54. The number of hydrogen-bond donors (Lipinski definition) is 2. The maximum absolute atomic E-state index is 11.5. The molecule has 4 rings (SSSR count). The van der Waals surface area contributed by atoms with E-state index < -0.39 is 20.0 Å². The van der Waals surface area contributed by atoms with Gasteiger partial charge in [-0.05, 0) is 75.7 Å². The van der Waals surface area contributed by atoms with Gasteiger partial charge in [0.1, 0.15) is 0 Å². The molecule has 0 aromatic heterocycles. The van der Waals surface area contributed by atoms with Gasteiger partial charge in [-0.25, -0.2) is 0 Å². The molecule has 4 aromatic carbocycles. The Labute approximate surface area is 367 Å². The first kappa shape index (κ1) is 56.0. The van der Waals surface area contributed by atoms with E-state index in [4.69, 9.17) is 63.7 Å². The number of hydrogen-bond acceptors (Lipinski definition) is 12. The molecule has 0 aliphatic heterocycles. The fourth-order valence-electron chi connectivity index (χ4n) is 3.87. The molecule has 17 nitrogen and oxygen atoms in total. The summed E-state index contributed by atoms with van der Waals surface area (Å²) < 4.78 is 0. The summed E-state index contributed by atoms with van der Waals surface area (Å²) in [6.07, 6.45) is 0. The number of benzene rings is 4. The Bertz CT molecular complexity index is 2010. The van der Waals surface area contributed by atoms with Crippen LogP contribution in [-0.2, 0) is 6.54 Å². The zero-order chi connectivity index (χ0) is 45.0. The van der Waals surface area contributed by atoms with Crippen LogP contribution in [0.3, 0.4) is 0 Å². The quantitative estimate of drug-likeness (QED) is 0.0730. The second-order valence-corrected chi connectivity index (χ2v) is 14.0. The summed E-state index contributed by atoms with van der Waals surface area (Å²) in [4.78, 5) is 67.9. The molecule has 0 fully saturated rings. The summed E-state index contributed by atoms with van der Waals surface area (Å²) in [5.41, 5.74) is 7.52. The van der Waals surface area contributed by atoms with E-state index in [9.17, 15) is 44.7 Å². The third kappa shape index (κ3) is 19.9. The van der Waals surface area contributed by atoms with Gasteiger partial charge < -0.3 is 25.8 Å². The maximum atomic E-state index is 11.5. The smallest absolute Gasteiger partial charge is 0.270 e. The van der Waals surface area contributed by atoms with Crippen molar-refractivity contribution in [1.82, 2.24) is 20.0 Å². The van der Waals surface area contributed by atoms with Crippen LogP contribution in [0.2, 0.25) is 20.1 Å². The lowest BCUT2D eigenvalue weighted by Gasteiger charge is -2.11. The van der Waals surface area contributed by atoms with Gasteiger partial charge in [0.25, 0.3) is 34.1 Å². The lowest BCUT2D eigenvalue weighted by Crippen LogP contribution is -2.21. The minimum atomic E-state index is -0.736. The number of nitrogen functional groups attached to an aromatic ring is 1. The van der Waals surface area contributed by atoms with Crippen molar-refractivity contribution in [3.8, 4) is 0 Å². The zero-order valence-corrected chi connectivity index (χ0v) is 36.2. The van der Waals surface area contributed by atoms with E-state index >= 15 is 0 Å². The number of carbonyl (C=O) groups is 3. The van der Waals surface area contributed by atoms with Gasteiger partial charge in [0.05, 0.1) is 46.5 Å². The topological polar surface area (TPSA) is 228 Å². The molecule has 22 heteroatoms. The summed E-state index contributed by atoms with van der Waals surface area (Å²) in [6.45, 7) is 0.846. The molecule has 0 atom stereocenters. The van der Waals surface area contributed by atoms with Crippen LogP contribution in [0.4, 0.5) is 22.7 Å². The Kier molecular flexibility index (Phi) is 26.1. The molecule has 0 aliphatic carbocycles. The summed E-state index contributed by atoms with van der Waals surface area (Å²) in [5, 5.41) is 34.0. The Morgan fingerprint density at radius 3 is 1.15 bits per heavy atom. The lowest BCUT2D eigenvalue weighted by atomic mass is 10.2. The summed E-state index contributed by atoms with van der Waals surface area (Å²) in [5.74, 6) is -0.565. The van der Waals surface area contributed by atoms with Crippen molar-refractivity contribution in [3.63, 3.8) is 0 Å². The maximum Gasteiger partial charge on any atom is 0.270 e. The van der Waals surface area contributed by atoms with Crippen LogP contribution in [0, 0.1) is 30.3 Å². The summed E-state index contributed by atoms with van der Waals surface area (Å²) in [7, 11) is 14.1. The summed E-state index contributed by atoms with van der Waals surface area (Å²) >= 11 is 28.2. The van der Waals surface area contributed by atoms with E-state index in [1.165, 1.54) is 46.2 Å². The molecular weight excluding hydrogens is 878 g/mol. The van der Waals surface area contributed by atoms with Crippen molar-refractivity contribution < 1.29 is 29.2 Å². The molecule has 3 N–H and O–H groups in total. The Hall–Kier alpha value is -5.14. The average molecular weight is 923 g/mol. The Morgan fingerprint density at radius 1 is 0.593 bits per heavy atom. The minimum absolute atomic E-state index is 0. The number of non-ortho nitro benzene ring substituents is 3. The molecule has 0 saturated carbocycles. The van der Waals surface area contributed by atoms with Gasteiger partial charge >= 0.3 is 0 Å². The molecule has 0 spiro atoms. The van der Waals surface area contributed by atoms with E-state index in [0.717, 1.165) is 35.3 Å². The number of anilines is 1. The Morgan fingerprint density at radius 2 is 0.915 bits per heavy atom. The highest BCUT2D eigenvalue weighted by molar-refractivity contribution is 6.68. The van der Waals surface area contributed by atoms with Crippen molar-refractivity contribution in [2.75, 3.05) is 62.1 Å². The molecule has 0 bridgehead atoms. The van der Waals surface area contributed by atoms with E-state index in [2.05, 4.69) is 10.2 Å². The first-order valence-electron chi connectivity index (χ1n) is 16.1. The van der Waals surface area contributed by atoms with Crippen molar-refractivity contribution in [2.45, 2.75) is 14.0 Å². The predicted octanol–water partition coefficient (Wildman–Crippen LogP) is 8.98. The number of nitrogens with zero attached hydrogens (tertiary/aromatic N) is 6. The fraction of sp³-hybridized carbons (Fsp3) is 0.270. The summed E-state index contributed by atoms with van der Waals surface area (Å²) in [6, 6.07) is 16.6. The zero-order valence-electron chi connectivity index (χ0n) is 32.5. The van der Waals surface area contributed by atoms with Crippen molar-refractivity contribution in [3.05, 3.63) is 145 Å². The highest BCUT2D eigenvalue weighted by atomic mass is 35.5. The number of nitro groups is 3. The minimum Gasteiger partial charge on any atom is -0.399 e. The van der Waals surface area contributed by atoms with Crippen molar-refractivity contribution in [2.24, 2.45) is 0 Å². The molecule has 0 radical (unpaired) electrons. The van der Waals surface area contributed by atoms with Crippen LogP contribution < -0.4 is 11.1 Å². The first-order chi connectivity index (χ1) is 26.9. The van der Waals surface area contributed by atoms with Gasteiger partial charge in [-0.15, -0.1) is 0 Å². The highest BCUT2D eigenvalue weighted by Crippen LogP contribution is 2.25. The molecule has 59 heavy (non-hydrogen) atoms. The number of halogens is 5. The van der Waals surface area contributed by atoms with E-state index in [1.807, 2.05) is 40.3 Å². The molecule has 2 amide bonds. The van der Waals surface area contributed by atoms with Crippen LogP contribution in [0.25, 0.3) is 0 Å². The molecular formula is C37H45Cl5N8O9. The standard InChI is InChI=1S/2C9H9ClN2O3.C9H13ClN2.C7H3Cl2NO3.C2H7N.CH4/c2*1-11(2)9(13)7-4-3-6(12(14)15)5-8(7)10;1-12(2)6-7-3-4-8(11)5-9(7)10;8-6-3-4(10(12)13)1-2-5(6)7(9)11;1-3-2;/h2*3-5H,1-2H3;3-5H,6,11H2,1-2H3;1-3H;3H,1-2H3;1H4. The second-order valence-electron chi connectivity index (χ2n) is 12.0. The Balaban J connectivity index is 0. The van der Waals surface area contributed by atoms with Crippen LogP contribution in [0.1, 0.15) is 44.1 Å². The second kappa shape index (κ2) is 27.5. The van der Waals surface area contributed by atoms with Crippen LogP contribution in [0.15, 0.2) is 72.8 Å². The normalized spacial score (nSPS) is 9.59. The van der Waals surface area contributed by atoms with E-state index in [0.29, 0.717) is 5.69 Å². The van der Waals surface area contributed by atoms with Gasteiger partial charge in [0.15, 0.2) is 0 Å². The predicted molar refractivity (Wildman–Crippen MR) is 236 cm³/mol. The number of rotatable bonds is 8. The molecule has 0 heterocycles. The number of nitrogens with one attached hydrogen (secondary N) is 1. The number of carbonyl (C=O) groups excluding carboxylic acids is 3. The van der Waals surface area contributed by atoms with Crippen LogP contribution >= 0.6 is 58.0 Å². The van der Waals surface area contributed by atoms with Crippen molar-refractivity contribution in [1.29, 1.82) is 0 Å². The molecule has 0 saturated heterocycles. The fourth-order valence-corrected chi connectivity index (χ4v) is 5.11. The third-order valence-corrected chi connectivity index (χ3v) is 8.03. The molecule has 4 aromatic rings. The average Bonchev–Trinajstić information content (AvgIpc) is 3.12. The first-order valence-corrected chi connectivity index (χ1v) is 18.0. The largest absolute Gasteiger partial charge is 0.399 e. The monoisotopic (exact) mass is 920 g/mol. The SMILES string of the molecule is C.CN(C)C(=O)c1ccc([N+](=O)[O-])cc1Cl.CN(C)C(=O)c1ccc([N+](=O)[O-])cc1Cl.CN(C)Cc1ccc(N)cc1Cl.CNC.O=C(Cl)c1ccc([N+](=O)[O-])cc1Cl. The van der Waals surface area contributed by atoms with Gasteiger partial charge in [0.2, 0.25) is 0 Å². The van der Waals surface area contributed by atoms with Gasteiger partial charge in [-0.1, -0.05) is 59.9 Å². The van der Waals surface area contributed by atoms with Crippen molar-refractivity contribution >= 4 is 97.8 Å². The molecule has 0 unspecified atom stereocenters. The molecule has 322 valence electrons. The van der Waals surface area contributed by atoms with Crippen LogP contribution in [-0.4, -0.2) is 103 Å². The molecule has 0 aliphatic rings. The highest BCUT2D eigenvalue weighted by Gasteiger charge is 2.17. The van der Waals surface area contributed by atoms with Crippen LogP contribution in [0.5, 0.6) is 0 Å². The number of nitrogens with two attached hydrogens (primary N) is 1. The number of amides is 2. The van der Waals surface area contributed by atoms with E-state index in [1.54, 1.807) is 34.3 Å². The van der Waals surface area contributed by atoms with Gasteiger partial charge in [-0.2, -0.15) is 0 Å². The number of nitro benzene ring substituents is 3.